The Balaban J connectivity index is 2.67. The van der Waals surface area contributed by atoms with Crippen LogP contribution < -0.4 is 5.73 Å². The van der Waals surface area contributed by atoms with Gasteiger partial charge in [-0.3, -0.25) is 0 Å². The minimum Gasteiger partial charge on any atom is -0.330 e. The molecule has 84 valence electrons. The topological polar surface area (TPSA) is 26.0 Å². The van der Waals surface area contributed by atoms with E-state index >= 15 is 0 Å². The quantitative estimate of drug-likeness (QED) is 0.709. The smallest absolute Gasteiger partial charge is 0.00366 e. The third kappa shape index (κ3) is 4.05. The average Bonchev–Trinajstić information content (AvgIpc) is 2.22. The molecule has 0 amide bonds. The maximum atomic E-state index is 5.63. The number of nitrogens with two attached hydrogens (primary N) is 1. The van der Waals surface area contributed by atoms with E-state index in [1.54, 1.807) is 0 Å². The lowest BCUT2D eigenvalue weighted by atomic mass is 9.97. The van der Waals surface area contributed by atoms with Crippen molar-refractivity contribution in [3.05, 3.63) is 34.9 Å². The van der Waals surface area contributed by atoms with E-state index in [2.05, 4.69) is 32.0 Å². The fourth-order valence-electron chi connectivity index (χ4n) is 1.95. The average molecular weight is 205 g/mol. The molecule has 0 atom stereocenters. The molecule has 0 radical (unpaired) electrons. The fourth-order valence-corrected chi connectivity index (χ4v) is 1.95. The van der Waals surface area contributed by atoms with E-state index in [4.69, 9.17) is 5.73 Å². The van der Waals surface area contributed by atoms with E-state index in [9.17, 15) is 0 Å². The van der Waals surface area contributed by atoms with Crippen molar-refractivity contribution in [3.63, 3.8) is 0 Å². The summed E-state index contributed by atoms with van der Waals surface area (Å²) in [5.74, 6) is 0. The first kappa shape index (κ1) is 12.3. The highest BCUT2D eigenvalue weighted by molar-refractivity contribution is 5.32. The highest BCUT2D eigenvalue weighted by Gasteiger charge is 2.01. The predicted octanol–water partition coefficient (Wildman–Crippen LogP) is 3.23. The van der Waals surface area contributed by atoms with Crippen LogP contribution in [0.3, 0.4) is 0 Å². The maximum Gasteiger partial charge on any atom is -0.00366 e. The Kier molecular flexibility index (Phi) is 5.41. The first-order chi connectivity index (χ1) is 7.27. The van der Waals surface area contributed by atoms with Gasteiger partial charge in [-0.15, -0.1) is 0 Å². The van der Waals surface area contributed by atoms with Gasteiger partial charge in [0, 0.05) is 0 Å². The Labute approximate surface area is 93.7 Å². The van der Waals surface area contributed by atoms with Crippen LogP contribution in [0.25, 0.3) is 0 Å². The largest absolute Gasteiger partial charge is 0.330 e. The van der Waals surface area contributed by atoms with Crippen LogP contribution in [-0.4, -0.2) is 6.54 Å². The highest BCUT2D eigenvalue weighted by atomic mass is 14.5. The van der Waals surface area contributed by atoms with Crippen molar-refractivity contribution in [2.45, 2.75) is 46.0 Å². The second-order valence-electron chi connectivity index (χ2n) is 4.27. The third-order valence-electron chi connectivity index (χ3n) is 2.83. The fraction of sp³-hybridized carbons (Fsp3) is 0.571. The molecule has 1 rings (SSSR count). The van der Waals surface area contributed by atoms with Crippen LogP contribution in [0.2, 0.25) is 0 Å². The second-order valence-corrected chi connectivity index (χ2v) is 4.27. The van der Waals surface area contributed by atoms with Crippen molar-refractivity contribution in [2.75, 3.05) is 6.54 Å². The number of hydrogen-bond donors (Lipinski definition) is 1. The number of rotatable bonds is 6. The molecule has 0 heterocycles. The van der Waals surface area contributed by atoms with Gasteiger partial charge in [-0.2, -0.15) is 0 Å². The summed E-state index contributed by atoms with van der Waals surface area (Å²) < 4.78 is 0. The number of unbranched alkanes of at least 4 members (excludes halogenated alkanes) is 2. The van der Waals surface area contributed by atoms with Crippen molar-refractivity contribution < 1.29 is 0 Å². The summed E-state index contributed by atoms with van der Waals surface area (Å²) in [6.07, 6.45) is 6.15. The van der Waals surface area contributed by atoms with Crippen LogP contribution in [0, 0.1) is 6.92 Å². The van der Waals surface area contributed by atoms with Crippen molar-refractivity contribution in [1.82, 2.24) is 0 Å². The molecule has 1 nitrogen and oxygen atoms in total. The lowest BCUT2D eigenvalue weighted by Crippen LogP contribution is -2.05. The summed E-state index contributed by atoms with van der Waals surface area (Å²) in [5.41, 5.74) is 9.93. The normalized spacial score (nSPS) is 10.6. The molecule has 1 aromatic carbocycles. The van der Waals surface area contributed by atoms with Gasteiger partial charge in [0.2, 0.25) is 0 Å². The van der Waals surface area contributed by atoms with Gasteiger partial charge in [0.05, 0.1) is 0 Å². The SMILES string of the molecule is CCCCCc1ccc(C)cc1CCN. The molecule has 1 aromatic rings. The minimum atomic E-state index is 0.754. The standard InChI is InChI=1S/C14H23N/c1-3-4-5-6-13-8-7-12(2)11-14(13)9-10-15/h7-8,11H,3-6,9-10,15H2,1-2H3. The molecular formula is C14H23N. The molecule has 0 saturated heterocycles. The van der Waals surface area contributed by atoms with Gasteiger partial charge in [0.25, 0.3) is 0 Å². The Morgan fingerprint density at radius 3 is 2.53 bits per heavy atom. The van der Waals surface area contributed by atoms with E-state index in [1.165, 1.54) is 42.4 Å². The first-order valence-corrected chi connectivity index (χ1v) is 6.06. The van der Waals surface area contributed by atoms with Gasteiger partial charge in [-0.25, -0.2) is 0 Å². The van der Waals surface area contributed by atoms with Gasteiger partial charge < -0.3 is 5.73 Å². The molecule has 0 aliphatic rings. The zero-order valence-corrected chi connectivity index (χ0v) is 10.1. The van der Waals surface area contributed by atoms with Crippen LogP contribution >= 0.6 is 0 Å². The predicted molar refractivity (Wildman–Crippen MR) is 67.2 cm³/mol. The molecule has 0 aliphatic heterocycles. The number of aryl methyl sites for hydroxylation is 2. The second kappa shape index (κ2) is 6.62. The van der Waals surface area contributed by atoms with E-state index in [0.29, 0.717) is 0 Å². The molecule has 0 spiro atoms. The van der Waals surface area contributed by atoms with Crippen molar-refractivity contribution >= 4 is 0 Å². The van der Waals surface area contributed by atoms with E-state index in [1.807, 2.05) is 0 Å². The van der Waals surface area contributed by atoms with Crippen LogP contribution in [0.5, 0.6) is 0 Å². The van der Waals surface area contributed by atoms with Crippen LogP contribution in [0.4, 0.5) is 0 Å². The van der Waals surface area contributed by atoms with Gasteiger partial charge in [-0.05, 0) is 43.9 Å². The number of hydrogen-bond acceptors (Lipinski definition) is 1. The molecule has 15 heavy (non-hydrogen) atoms. The summed E-state index contributed by atoms with van der Waals surface area (Å²) in [6.45, 7) is 5.15. The monoisotopic (exact) mass is 205 g/mol. The van der Waals surface area contributed by atoms with E-state index in [-0.39, 0.29) is 0 Å². The van der Waals surface area contributed by atoms with E-state index < -0.39 is 0 Å². The molecule has 0 unspecified atom stereocenters. The van der Waals surface area contributed by atoms with Crippen LogP contribution in [0.15, 0.2) is 18.2 Å². The zero-order chi connectivity index (χ0) is 11.1. The minimum absolute atomic E-state index is 0.754. The van der Waals surface area contributed by atoms with Crippen LogP contribution in [-0.2, 0) is 12.8 Å². The van der Waals surface area contributed by atoms with E-state index in [0.717, 1.165) is 13.0 Å². The summed E-state index contributed by atoms with van der Waals surface area (Å²) in [4.78, 5) is 0. The highest BCUT2D eigenvalue weighted by Crippen LogP contribution is 2.15. The van der Waals surface area contributed by atoms with Gasteiger partial charge in [0.1, 0.15) is 0 Å². The molecule has 0 saturated carbocycles. The molecular weight excluding hydrogens is 182 g/mol. The van der Waals surface area contributed by atoms with Crippen molar-refractivity contribution in [1.29, 1.82) is 0 Å². The summed E-state index contributed by atoms with van der Waals surface area (Å²) >= 11 is 0. The summed E-state index contributed by atoms with van der Waals surface area (Å²) in [5, 5.41) is 0. The Hall–Kier alpha value is -0.820. The molecule has 0 bridgehead atoms. The van der Waals surface area contributed by atoms with Gasteiger partial charge in [0.15, 0.2) is 0 Å². The molecule has 0 aromatic heterocycles. The van der Waals surface area contributed by atoms with Gasteiger partial charge in [-0.1, -0.05) is 43.5 Å². The Morgan fingerprint density at radius 1 is 1.07 bits per heavy atom. The molecule has 1 heteroatoms. The lowest BCUT2D eigenvalue weighted by Gasteiger charge is -2.09. The maximum absolute atomic E-state index is 5.63. The van der Waals surface area contributed by atoms with Crippen molar-refractivity contribution in [3.8, 4) is 0 Å². The van der Waals surface area contributed by atoms with Crippen molar-refractivity contribution in [2.24, 2.45) is 5.73 Å². The van der Waals surface area contributed by atoms with Crippen LogP contribution in [0.1, 0.15) is 42.9 Å². The summed E-state index contributed by atoms with van der Waals surface area (Å²) in [6, 6.07) is 6.77. The Morgan fingerprint density at radius 2 is 1.87 bits per heavy atom. The first-order valence-electron chi connectivity index (χ1n) is 6.06. The lowest BCUT2D eigenvalue weighted by molar-refractivity contribution is 0.712. The number of benzene rings is 1. The molecule has 2 N–H and O–H groups in total. The zero-order valence-electron chi connectivity index (χ0n) is 10.1. The molecule has 0 fully saturated rings. The Bertz CT molecular complexity index is 291. The molecule has 0 aliphatic carbocycles. The summed E-state index contributed by atoms with van der Waals surface area (Å²) in [7, 11) is 0. The van der Waals surface area contributed by atoms with Gasteiger partial charge >= 0.3 is 0 Å². The third-order valence-corrected chi connectivity index (χ3v) is 2.83.